The molecule has 0 aromatic heterocycles. The van der Waals surface area contributed by atoms with Crippen molar-refractivity contribution in [3.8, 4) is 5.75 Å². The van der Waals surface area contributed by atoms with Crippen LogP contribution in [-0.4, -0.2) is 26.4 Å². The lowest BCUT2D eigenvalue weighted by atomic mass is 10.1. The third kappa shape index (κ3) is 3.44. The first-order chi connectivity index (χ1) is 10.2. The van der Waals surface area contributed by atoms with Gasteiger partial charge in [-0.1, -0.05) is 11.6 Å². The maximum absolute atomic E-state index is 12.3. The summed E-state index contributed by atoms with van der Waals surface area (Å²) in [5, 5.41) is 0.115. The van der Waals surface area contributed by atoms with E-state index in [4.69, 9.17) is 27.9 Å². The van der Waals surface area contributed by atoms with Gasteiger partial charge in [-0.25, -0.2) is 0 Å². The normalized spacial score (nSPS) is 14.5. The van der Waals surface area contributed by atoms with Gasteiger partial charge in [-0.15, -0.1) is 11.6 Å². The van der Waals surface area contributed by atoms with Crippen LogP contribution < -0.4 is 4.74 Å². The van der Waals surface area contributed by atoms with Gasteiger partial charge in [-0.2, -0.15) is 21.6 Å². The summed E-state index contributed by atoms with van der Waals surface area (Å²) in [6.45, 7) is 0.208. The van der Waals surface area contributed by atoms with Crippen LogP contribution in [0.2, 0.25) is 5.02 Å². The van der Waals surface area contributed by atoms with Crippen molar-refractivity contribution in [2.24, 2.45) is 0 Å². The lowest BCUT2D eigenvalue weighted by Crippen LogP contribution is -2.24. The first-order valence-electron chi connectivity index (χ1n) is 5.88. The molecule has 4 nitrogen and oxygen atoms in total. The van der Waals surface area contributed by atoms with Crippen LogP contribution in [0.3, 0.4) is 0 Å². The topological polar surface area (TPSA) is 52.6 Å². The molecule has 1 aromatic rings. The van der Waals surface area contributed by atoms with Crippen LogP contribution in [0.4, 0.5) is 13.2 Å². The van der Waals surface area contributed by atoms with Gasteiger partial charge in [0.15, 0.2) is 0 Å². The van der Waals surface area contributed by atoms with Crippen molar-refractivity contribution in [3.05, 3.63) is 34.4 Å². The van der Waals surface area contributed by atoms with E-state index in [0.29, 0.717) is 11.3 Å². The van der Waals surface area contributed by atoms with Crippen LogP contribution in [0.15, 0.2) is 18.2 Å². The Balaban J connectivity index is 2.28. The first kappa shape index (κ1) is 17.2. The summed E-state index contributed by atoms with van der Waals surface area (Å²) >= 11 is 11.4. The maximum Gasteiger partial charge on any atom is 0.534 e. The molecule has 0 unspecified atom stereocenters. The fraction of sp³-hybridized carbons (Fsp3) is 0.333. The molecule has 0 radical (unpaired) electrons. The average Bonchev–Trinajstić information content (AvgIpc) is 2.76. The van der Waals surface area contributed by atoms with Crippen LogP contribution >= 0.6 is 23.2 Å². The monoisotopic (exact) mass is 376 g/mol. The van der Waals surface area contributed by atoms with Gasteiger partial charge in [0.05, 0.1) is 10.9 Å². The number of alkyl halides is 4. The van der Waals surface area contributed by atoms with Crippen molar-refractivity contribution in [2.75, 3.05) is 12.5 Å². The largest absolute Gasteiger partial charge is 0.534 e. The number of allylic oxidation sites excluding steroid dienone is 1. The van der Waals surface area contributed by atoms with E-state index >= 15 is 0 Å². The zero-order valence-corrected chi connectivity index (χ0v) is 13.1. The standard InChI is InChI=1S/C12H9Cl2F3O4S/c13-3-4-20-11-5-7-1-2-10(8(7)6-9(11)14)21-22(18,19)12(15,16)17/h2,5-6H,1,3-4H2. The second-order valence-corrected chi connectivity index (χ2v) is 6.56. The van der Waals surface area contributed by atoms with Crippen molar-refractivity contribution in [1.82, 2.24) is 0 Å². The van der Waals surface area contributed by atoms with Crippen LogP contribution in [0.25, 0.3) is 5.76 Å². The second kappa shape index (κ2) is 6.17. The van der Waals surface area contributed by atoms with Crippen molar-refractivity contribution in [2.45, 2.75) is 11.9 Å². The maximum atomic E-state index is 12.3. The fourth-order valence-corrected chi connectivity index (χ4v) is 2.59. The van der Waals surface area contributed by atoms with Crippen molar-refractivity contribution >= 4 is 39.1 Å². The molecule has 1 aliphatic rings. The molecule has 10 heteroatoms. The molecule has 1 aliphatic carbocycles. The Labute approximate surface area is 134 Å². The Hall–Kier alpha value is -1.12. The molecule has 0 N–H and O–H groups in total. The van der Waals surface area contributed by atoms with Gasteiger partial charge >= 0.3 is 15.6 Å². The molecule has 0 saturated carbocycles. The molecule has 122 valence electrons. The molecule has 0 saturated heterocycles. The number of rotatable bonds is 5. The number of benzene rings is 1. The predicted molar refractivity (Wildman–Crippen MR) is 75.4 cm³/mol. The van der Waals surface area contributed by atoms with E-state index in [-0.39, 0.29) is 29.5 Å². The van der Waals surface area contributed by atoms with E-state index in [1.54, 1.807) is 0 Å². The van der Waals surface area contributed by atoms with Crippen LogP contribution in [0.5, 0.6) is 5.75 Å². The van der Waals surface area contributed by atoms with E-state index < -0.39 is 21.4 Å². The smallest absolute Gasteiger partial charge is 0.491 e. The molecule has 22 heavy (non-hydrogen) atoms. The summed E-state index contributed by atoms with van der Waals surface area (Å²) in [6.07, 6.45) is 1.43. The highest BCUT2D eigenvalue weighted by Crippen LogP contribution is 2.38. The minimum atomic E-state index is -5.72. The van der Waals surface area contributed by atoms with Gasteiger partial charge in [0.1, 0.15) is 18.1 Å². The Kier molecular flexibility index (Phi) is 4.84. The van der Waals surface area contributed by atoms with Gasteiger partial charge in [-0.3, -0.25) is 0 Å². The summed E-state index contributed by atoms with van der Waals surface area (Å²) in [5.74, 6) is 0.150. The minimum Gasteiger partial charge on any atom is -0.491 e. The second-order valence-electron chi connectivity index (χ2n) is 4.23. The third-order valence-electron chi connectivity index (χ3n) is 2.75. The Morgan fingerprint density at radius 3 is 2.55 bits per heavy atom. The summed E-state index contributed by atoms with van der Waals surface area (Å²) in [6, 6.07) is 2.81. The van der Waals surface area contributed by atoms with Gasteiger partial charge in [0.2, 0.25) is 0 Å². The Morgan fingerprint density at radius 2 is 1.95 bits per heavy atom. The van der Waals surface area contributed by atoms with Crippen LogP contribution in [0, 0.1) is 0 Å². The molecule has 0 bridgehead atoms. The highest BCUT2D eigenvalue weighted by Gasteiger charge is 2.49. The minimum absolute atomic E-state index is 0.115. The lowest BCUT2D eigenvalue weighted by Gasteiger charge is -2.13. The Bertz CT molecular complexity index is 714. The highest BCUT2D eigenvalue weighted by molar-refractivity contribution is 7.87. The number of hydrogen-bond acceptors (Lipinski definition) is 4. The summed E-state index contributed by atoms with van der Waals surface area (Å²) in [5.41, 5.74) is -4.78. The zero-order chi connectivity index (χ0) is 16.5. The lowest BCUT2D eigenvalue weighted by molar-refractivity contribution is -0.0509. The highest BCUT2D eigenvalue weighted by atomic mass is 35.5. The molecule has 0 fully saturated rings. The number of ether oxygens (including phenoxy) is 1. The van der Waals surface area contributed by atoms with E-state index in [1.165, 1.54) is 18.2 Å². The molecule has 0 atom stereocenters. The molecular formula is C12H9Cl2F3O4S. The molecule has 0 spiro atoms. The fourth-order valence-electron chi connectivity index (χ4n) is 1.81. The molecule has 1 aromatic carbocycles. The number of halogens is 5. The molecule has 2 rings (SSSR count). The number of hydrogen-bond donors (Lipinski definition) is 0. The SMILES string of the molecule is O=S(=O)(OC1=CCc2cc(OCCCl)c(Cl)cc21)C(F)(F)F. The van der Waals surface area contributed by atoms with Crippen molar-refractivity contribution in [3.63, 3.8) is 0 Å². The third-order valence-corrected chi connectivity index (χ3v) is 4.16. The van der Waals surface area contributed by atoms with Crippen molar-refractivity contribution < 1.29 is 30.5 Å². The van der Waals surface area contributed by atoms with Crippen molar-refractivity contribution in [1.29, 1.82) is 0 Å². The molecule has 0 aliphatic heterocycles. The average molecular weight is 377 g/mol. The van der Waals surface area contributed by atoms with E-state index in [1.807, 2.05) is 0 Å². The summed E-state index contributed by atoms with van der Waals surface area (Å²) < 4.78 is 68.6. The quantitative estimate of drug-likeness (QED) is 0.446. The van der Waals surface area contributed by atoms with E-state index in [0.717, 1.165) is 0 Å². The molecular weight excluding hydrogens is 368 g/mol. The first-order valence-corrected chi connectivity index (χ1v) is 8.20. The van der Waals surface area contributed by atoms with Gasteiger partial charge in [0.25, 0.3) is 0 Å². The molecule has 0 heterocycles. The van der Waals surface area contributed by atoms with E-state index in [2.05, 4.69) is 4.18 Å². The van der Waals surface area contributed by atoms with Gasteiger partial charge in [0, 0.05) is 5.56 Å². The summed E-state index contributed by atoms with van der Waals surface area (Å²) in [7, 11) is -5.72. The van der Waals surface area contributed by atoms with E-state index in [9.17, 15) is 21.6 Å². The molecule has 0 amide bonds. The van der Waals surface area contributed by atoms with Gasteiger partial charge in [-0.05, 0) is 30.2 Å². The predicted octanol–water partition coefficient (Wildman–Crippen LogP) is 3.72. The van der Waals surface area contributed by atoms with Crippen LogP contribution in [-0.2, 0) is 20.7 Å². The number of fused-ring (bicyclic) bond motifs is 1. The zero-order valence-electron chi connectivity index (χ0n) is 10.8. The summed E-state index contributed by atoms with van der Waals surface area (Å²) in [4.78, 5) is 0. The Morgan fingerprint density at radius 1 is 1.27 bits per heavy atom. The van der Waals surface area contributed by atoms with Gasteiger partial charge < -0.3 is 8.92 Å². The van der Waals surface area contributed by atoms with Crippen LogP contribution in [0.1, 0.15) is 11.1 Å².